The number of nitrogens with zero attached hydrogens (tertiary/aromatic N) is 1. The summed E-state index contributed by atoms with van der Waals surface area (Å²) in [5.41, 5.74) is 0. The predicted octanol–water partition coefficient (Wildman–Crippen LogP) is 2.29. The Morgan fingerprint density at radius 2 is 1.71 bits per heavy atom. The molecule has 1 saturated heterocycles. The lowest BCUT2D eigenvalue weighted by Gasteiger charge is -2.35. The van der Waals surface area contributed by atoms with Gasteiger partial charge in [0.2, 0.25) is 0 Å². The molecule has 2 fully saturated rings. The quantitative estimate of drug-likeness (QED) is 0.688. The second-order valence-corrected chi connectivity index (χ2v) is 4.87. The Morgan fingerprint density at radius 3 is 2.29 bits per heavy atom. The summed E-state index contributed by atoms with van der Waals surface area (Å²) in [6.07, 6.45) is 8.53. The molecule has 2 heteroatoms. The number of hydrogen-bond acceptors (Lipinski definition) is 2. The summed E-state index contributed by atoms with van der Waals surface area (Å²) in [5, 5.41) is 0. The first kappa shape index (κ1) is 10.4. The highest BCUT2D eigenvalue weighted by Gasteiger charge is 2.26. The molecule has 1 saturated carbocycles. The Hall–Kier alpha value is -0.0800. The van der Waals surface area contributed by atoms with Crippen LogP contribution >= 0.6 is 0 Å². The van der Waals surface area contributed by atoms with Crippen molar-refractivity contribution in [3.05, 3.63) is 0 Å². The molecule has 0 spiro atoms. The van der Waals surface area contributed by atoms with Crippen molar-refractivity contribution in [2.75, 3.05) is 26.8 Å². The van der Waals surface area contributed by atoms with Gasteiger partial charge in [-0.3, -0.25) is 0 Å². The standard InChI is InChI=1S/C12H23NO/c1-14-10-11-6-8-13(9-7-11)12-4-2-3-5-12/h11-12H,2-10H2,1H3. The zero-order chi connectivity index (χ0) is 9.80. The minimum Gasteiger partial charge on any atom is -0.384 e. The average Bonchev–Trinajstić information content (AvgIpc) is 2.72. The van der Waals surface area contributed by atoms with Crippen molar-refractivity contribution in [1.82, 2.24) is 4.90 Å². The van der Waals surface area contributed by atoms with Gasteiger partial charge in [-0.1, -0.05) is 12.8 Å². The van der Waals surface area contributed by atoms with E-state index in [9.17, 15) is 0 Å². The second kappa shape index (κ2) is 5.13. The van der Waals surface area contributed by atoms with Crippen molar-refractivity contribution in [2.24, 2.45) is 5.92 Å². The number of methoxy groups -OCH3 is 1. The van der Waals surface area contributed by atoms with Crippen molar-refractivity contribution >= 4 is 0 Å². The summed E-state index contributed by atoms with van der Waals surface area (Å²) in [6, 6.07) is 0.929. The average molecular weight is 197 g/mol. The van der Waals surface area contributed by atoms with Crippen LogP contribution in [-0.4, -0.2) is 37.7 Å². The fraction of sp³-hybridized carbons (Fsp3) is 1.00. The molecule has 0 amide bonds. The molecule has 82 valence electrons. The Labute approximate surface area is 87.6 Å². The minimum atomic E-state index is 0.831. The summed E-state index contributed by atoms with van der Waals surface area (Å²) in [4.78, 5) is 2.72. The molecule has 0 unspecified atom stereocenters. The van der Waals surface area contributed by atoms with E-state index >= 15 is 0 Å². The first-order valence-corrected chi connectivity index (χ1v) is 6.13. The van der Waals surface area contributed by atoms with Crippen LogP contribution < -0.4 is 0 Å². The Morgan fingerprint density at radius 1 is 1.07 bits per heavy atom. The van der Waals surface area contributed by atoms with Gasteiger partial charge in [0, 0.05) is 19.8 Å². The number of rotatable bonds is 3. The molecule has 0 bridgehead atoms. The smallest absolute Gasteiger partial charge is 0.0491 e. The fourth-order valence-corrected chi connectivity index (χ4v) is 2.99. The van der Waals surface area contributed by atoms with Crippen LogP contribution in [0.1, 0.15) is 38.5 Å². The highest BCUT2D eigenvalue weighted by Crippen LogP contribution is 2.27. The Bertz CT molecular complexity index is 158. The lowest BCUT2D eigenvalue weighted by Crippen LogP contribution is -2.40. The monoisotopic (exact) mass is 197 g/mol. The first-order valence-electron chi connectivity index (χ1n) is 6.13. The van der Waals surface area contributed by atoms with Crippen molar-refractivity contribution in [2.45, 2.75) is 44.6 Å². The van der Waals surface area contributed by atoms with E-state index < -0.39 is 0 Å². The van der Waals surface area contributed by atoms with Gasteiger partial charge >= 0.3 is 0 Å². The lowest BCUT2D eigenvalue weighted by molar-refractivity contribution is 0.0808. The summed E-state index contributed by atoms with van der Waals surface area (Å²) in [7, 11) is 1.82. The number of piperidine rings is 1. The van der Waals surface area contributed by atoms with Gasteiger partial charge in [-0.25, -0.2) is 0 Å². The van der Waals surface area contributed by atoms with Crippen LogP contribution in [-0.2, 0) is 4.74 Å². The van der Waals surface area contributed by atoms with Gasteiger partial charge in [0.1, 0.15) is 0 Å². The van der Waals surface area contributed by atoms with Gasteiger partial charge in [0.15, 0.2) is 0 Å². The van der Waals surface area contributed by atoms with E-state index in [0.717, 1.165) is 18.6 Å². The molecule has 1 aliphatic carbocycles. The van der Waals surface area contributed by atoms with Gasteiger partial charge in [0.05, 0.1) is 0 Å². The lowest BCUT2D eigenvalue weighted by atomic mass is 9.96. The topological polar surface area (TPSA) is 12.5 Å². The molecule has 1 aliphatic heterocycles. The summed E-state index contributed by atoms with van der Waals surface area (Å²) >= 11 is 0. The third-order valence-corrected chi connectivity index (χ3v) is 3.89. The third kappa shape index (κ3) is 2.48. The second-order valence-electron chi connectivity index (χ2n) is 4.87. The van der Waals surface area contributed by atoms with Crippen LogP contribution in [0.25, 0.3) is 0 Å². The molecule has 14 heavy (non-hydrogen) atoms. The molecule has 2 rings (SSSR count). The molecule has 0 aromatic rings. The highest BCUT2D eigenvalue weighted by atomic mass is 16.5. The molecule has 1 heterocycles. The Kier molecular flexibility index (Phi) is 3.82. The Balaban J connectivity index is 1.72. The van der Waals surface area contributed by atoms with E-state index in [2.05, 4.69) is 4.90 Å². The first-order chi connectivity index (χ1) is 6.90. The van der Waals surface area contributed by atoms with Gasteiger partial charge < -0.3 is 9.64 Å². The van der Waals surface area contributed by atoms with Gasteiger partial charge in [-0.2, -0.15) is 0 Å². The maximum atomic E-state index is 5.22. The molecule has 0 N–H and O–H groups in total. The molecule has 0 atom stereocenters. The van der Waals surface area contributed by atoms with E-state index in [-0.39, 0.29) is 0 Å². The maximum Gasteiger partial charge on any atom is 0.0491 e. The van der Waals surface area contributed by atoms with E-state index in [4.69, 9.17) is 4.74 Å². The number of hydrogen-bond donors (Lipinski definition) is 0. The van der Waals surface area contributed by atoms with Gasteiger partial charge in [-0.15, -0.1) is 0 Å². The number of likely N-dealkylation sites (tertiary alicyclic amines) is 1. The highest BCUT2D eigenvalue weighted by molar-refractivity contribution is 4.81. The molecule has 0 aromatic heterocycles. The predicted molar refractivity (Wildman–Crippen MR) is 58.4 cm³/mol. The van der Waals surface area contributed by atoms with Crippen LogP contribution in [0.2, 0.25) is 0 Å². The SMILES string of the molecule is COCC1CCN(C2CCCC2)CC1. The largest absolute Gasteiger partial charge is 0.384 e. The van der Waals surface area contributed by atoms with Crippen molar-refractivity contribution < 1.29 is 4.74 Å². The minimum absolute atomic E-state index is 0.831. The van der Waals surface area contributed by atoms with Crippen LogP contribution in [0.5, 0.6) is 0 Å². The molecule has 2 nitrogen and oxygen atoms in total. The zero-order valence-electron chi connectivity index (χ0n) is 9.37. The van der Waals surface area contributed by atoms with E-state index in [1.54, 1.807) is 0 Å². The zero-order valence-corrected chi connectivity index (χ0v) is 9.37. The molecule has 2 aliphatic rings. The van der Waals surface area contributed by atoms with Crippen LogP contribution in [0.15, 0.2) is 0 Å². The fourth-order valence-electron chi connectivity index (χ4n) is 2.99. The molecular weight excluding hydrogens is 174 g/mol. The van der Waals surface area contributed by atoms with Crippen molar-refractivity contribution in [3.8, 4) is 0 Å². The van der Waals surface area contributed by atoms with E-state index in [1.165, 1.54) is 51.6 Å². The summed E-state index contributed by atoms with van der Waals surface area (Å²) in [5.74, 6) is 0.831. The normalized spacial score (nSPS) is 27.2. The van der Waals surface area contributed by atoms with E-state index in [0.29, 0.717) is 0 Å². The summed E-state index contributed by atoms with van der Waals surface area (Å²) in [6.45, 7) is 3.61. The number of ether oxygens (including phenoxy) is 1. The van der Waals surface area contributed by atoms with Crippen molar-refractivity contribution in [1.29, 1.82) is 0 Å². The summed E-state index contributed by atoms with van der Waals surface area (Å²) < 4.78 is 5.22. The van der Waals surface area contributed by atoms with Crippen LogP contribution in [0.4, 0.5) is 0 Å². The third-order valence-electron chi connectivity index (χ3n) is 3.89. The van der Waals surface area contributed by atoms with E-state index in [1.807, 2.05) is 7.11 Å². The van der Waals surface area contributed by atoms with Crippen molar-refractivity contribution in [3.63, 3.8) is 0 Å². The van der Waals surface area contributed by atoms with Gasteiger partial charge in [0.25, 0.3) is 0 Å². The van der Waals surface area contributed by atoms with Crippen LogP contribution in [0.3, 0.4) is 0 Å². The molecule has 0 aromatic carbocycles. The van der Waals surface area contributed by atoms with Crippen LogP contribution in [0, 0.1) is 5.92 Å². The molecular formula is C12H23NO. The molecule has 0 radical (unpaired) electrons. The van der Waals surface area contributed by atoms with Gasteiger partial charge in [-0.05, 0) is 44.7 Å². The maximum absolute atomic E-state index is 5.22.